The van der Waals surface area contributed by atoms with Crippen LogP contribution in [0.3, 0.4) is 0 Å². The van der Waals surface area contributed by atoms with Crippen molar-refractivity contribution in [3.8, 4) is 0 Å². The van der Waals surface area contributed by atoms with E-state index in [4.69, 9.17) is 5.73 Å². The van der Waals surface area contributed by atoms with E-state index in [-0.39, 0.29) is 30.5 Å². The molecule has 0 heterocycles. The van der Waals surface area contributed by atoms with E-state index in [1.807, 2.05) is 12.1 Å². The molecule has 0 fully saturated rings. The molecule has 0 unspecified atom stereocenters. The monoisotopic (exact) mass is 357 g/mol. The molecule has 0 spiro atoms. The maximum atomic E-state index is 12.1. The number of nitrogens with one attached hydrogen (secondary N) is 2. The molecule has 0 bridgehead atoms. The van der Waals surface area contributed by atoms with E-state index in [2.05, 4.69) is 10.6 Å². The summed E-state index contributed by atoms with van der Waals surface area (Å²) in [4.78, 5) is 35.6. The fourth-order valence-corrected chi connectivity index (χ4v) is 2.79. The summed E-state index contributed by atoms with van der Waals surface area (Å²) in [5.74, 6) is -0.721. The van der Waals surface area contributed by atoms with Crippen LogP contribution in [0.1, 0.15) is 16.8 Å². The summed E-state index contributed by atoms with van der Waals surface area (Å²) in [6, 6.07) is 16.0. The van der Waals surface area contributed by atoms with Gasteiger partial charge in [0, 0.05) is 23.4 Å². The molecule has 0 saturated heterocycles. The minimum Gasteiger partial charge on any atom is -0.369 e. The van der Waals surface area contributed by atoms with Crippen LogP contribution in [0.5, 0.6) is 0 Å². The van der Waals surface area contributed by atoms with Crippen LogP contribution in [0, 0.1) is 0 Å². The van der Waals surface area contributed by atoms with Gasteiger partial charge in [-0.15, -0.1) is 11.8 Å². The second kappa shape index (κ2) is 9.48. The van der Waals surface area contributed by atoms with Crippen LogP contribution in [0.4, 0.5) is 5.69 Å². The summed E-state index contributed by atoms with van der Waals surface area (Å²) in [7, 11) is 0. The van der Waals surface area contributed by atoms with Crippen molar-refractivity contribution >= 4 is 35.2 Å². The SMILES string of the molecule is NC(=O)CSc1ccccc1NC(=O)CCNC(=O)c1ccccc1. The molecule has 130 valence electrons. The summed E-state index contributed by atoms with van der Waals surface area (Å²) in [5, 5.41) is 5.49. The van der Waals surface area contributed by atoms with E-state index in [1.165, 1.54) is 11.8 Å². The first-order valence-electron chi connectivity index (χ1n) is 7.69. The van der Waals surface area contributed by atoms with Gasteiger partial charge in [-0.3, -0.25) is 14.4 Å². The van der Waals surface area contributed by atoms with Gasteiger partial charge in [0.2, 0.25) is 11.8 Å². The normalized spacial score (nSPS) is 10.1. The third-order valence-corrected chi connectivity index (χ3v) is 4.30. The van der Waals surface area contributed by atoms with Gasteiger partial charge < -0.3 is 16.4 Å². The highest BCUT2D eigenvalue weighted by Crippen LogP contribution is 2.26. The molecule has 2 aromatic carbocycles. The Morgan fingerprint density at radius 2 is 1.64 bits per heavy atom. The molecule has 7 heteroatoms. The molecule has 25 heavy (non-hydrogen) atoms. The Bertz CT molecular complexity index is 750. The van der Waals surface area contributed by atoms with Gasteiger partial charge in [-0.05, 0) is 24.3 Å². The molecule has 0 aliphatic carbocycles. The number of primary amides is 1. The summed E-state index contributed by atoms with van der Waals surface area (Å²) < 4.78 is 0. The van der Waals surface area contributed by atoms with Gasteiger partial charge in [0.15, 0.2) is 0 Å². The van der Waals surface area contributed by atoms with Crippen LogP contribution in [0.25, 0.3) is 0 Å². The predicted octanol–water partition coefficient (Wildman–Crippen LogP) is 2.02. The summed E-state index contributed by atoms with van der Waals surface area (Å²) in [6.45, 7) is 0.232. The van der Waals surface area contributed by atoms with Gasteiger partial charge in [-0.1, -0.05) is 30.3 Å². The highest BCUT2D eigenvalue weighted by Gasteiger charge is 2.09. The van der Waals surface area contributed by atoms with Crippen molar-refractivity contribution in [1.29, 1.82) is 0 Å². The number of anilines is 1. The van der Waals surface area contributed by atoms with Gasteiger partial charge in [-0.2, -0.15) is 0 Å². The summed E-state index contributed by atoms with van der Waals surface area (Å²) in [6.07, 6.45) is 0.146. The third kappa shape index (κ3) is 6.31. The summed E-state index contributed by atoms with van der Waals surface area (Å²) >= 11 is 1.26. The molecule has 0 radical (unpaired) electrons. The topological polar surface area (TPSA) is 101 Å². The Hall–Kier alpha value is -2.80. The van der Waals surface area contributed by atoms with Gasteiger partial charge >= 0.3 is 0 Å². The van der Waals surface area contributed by atoms with Crippen molar-refractivity contribution in [2.75, 3.05) is 17.6 Å². The average molecular weight is 357 g/mol. The van der Waals surface area contributed by atoms with Gasteiger partial charge in [0.25, 0.3) is 5.91 Å². The quantitative estimate of drug-likeness (QED) is 0.629. The number of thioether (sulfide) groups is 1. The van der Waals surface area contributed by atoms with Gasteiger partial charge in [0.05, 0.1) is 11.4 Å². The lowest BCUT2D eigenvalue weighted by molar-refractivity contribution is -0.116. The van der Waals surface area contributed by atoms with Crippen LogP contribution in [-0.2, 0) is 9.59 Å². The van der Waals surface area contributed by atoms with Crippen LogP contribution in [-0.4, -0.2) is 30.0 Å². The number of rotatable bonds is 8. The summed E-state index contributed by atoms with van der Waals surface area (Å²) in [5.41, 5.74) is 6.32. The molecule has 6 nitrogen and oxygen atoms in total. The molecule has 0 saturated carbocycles. The van der Waals surface area contributed by atoms with Crippen molar-refractivity contribution < 1.29 is 14.4 Å². The molecular weight excluding hydrogens is 338 g/mol. The highest BCUT2D eigenvalue weighted by atomic mass is 32.2. The molecule has 0 aliphatic heterocycles. The third-order valence-electron chi connectivity index (χ3n) is 3.20. The first kappa shape index (κ1) is 18.5. The van der Waals surface area contributed by atoms with Crippen LogP contribution < -0.4 is 16.4 Å². The molecular formula is C18H19N3O3S. The standard InChI is InChI=1S/C18H19N3O3S/c19-16(22)12-25-15-9-5-4-8-14(15)21-17(23)10-11-20-18(24)13-6-2-1-3-7-13/h1-9H,10-12H2,(H2,19,22)(H,20,24)(H,21,23). The van der Waals surface area contributed by atoms with E-state index < -0.39 is 5.91 Å². The largest absolute Gasteiger partial charge is 0.369 e. The van der Waals surface area contributed by atoms with Gasteiger partial charge in [-0.25, -0.2) is 0 Å². The first-order chi connectivity index (χ1) is 12.1. The smallest absolute Gasteiger partial charge is 0.251 e. The van der Waals surface area contributed by atoms with E-state index in [0.717, 1.165) is 4.90 Å². The maximum Gasteiger partial charge on any atom is 0.251 e. The van der Waals surface area contributed by atoms with Crippen molar-refractivity contribution in [2.45, 2.75) is 11.3 Å². The number of para-hydroxylation sites is 1. The number of hydrogen-bond acceptors (Lipinski definition) is 4. The lowest BCUT2D eigenvalue weighted by Crippen LogP contribution is -2.27. The van der Waals surface area contributed by atoms with E-state index in [0.29, 0.717) is 11.3 Å². The Labute approximate surface area is 150 Å². The minimum absolute atomic E-state index is 0.139. The fraction of sp³-hybridized carbons (Fsp3) is 0.167. The lowest BCUT2D eigenvalue weighted by atomic mass is 10.2. The van der Waals surface area contributed by atoms with E-state index in [1.54, 1.807) is 42.5 Å². The number of benzene rings is 2. The predicted molar refractivity (Wildman–Crippen MR) is 98.4 cm³/mol. The maximum absolute atomic E-state index is 12.1. The fourth-order valence-electron chi connectivity index (χ4n) is 2.04. The Morgan fingerprint density at radius 1 is 0.960 bits per heavy atom. The van der Waals surface area contributed by atoms with Crippen molar-refractivity contribution in [3.05, 3.63) is 60.2 Å². The van der Waals surface area contributed by atoms with Crippen LogP contribution >= 0.6 is 11.8 Å². The second-order valence-electron chi connectivity index (χ2n) is 5.17. The average Bonchev–Trinajstić information content (AvgIpc) is 2.61. The van der Waals surface area contributed by atoms with Crippen LogP contribution in [0.15, 0.2) is 59.5 Å². The molecule has 3 amide bonds. The Balaban J connectivity index is 1.82. The van der Waals surface area contributed by atoms with Crippen LogP contribution in [0.2, 0.25) is 0 Å². The van der Waals surface area contributed by atoms with E-state index in [9.17, 15) is 14.4 Å². The van der Waals surface area contributed by atoms with E-state index >= 15 is 0 Å². The van der Waals surface area contributed by atoms with Gasteiger partial charge in [0.1, 0.15) is 0 Å². The number of carbonyl (C=O) groups is 3. The number of carbonyl (C=O) groups excluding carboxylic acids is 3. The number of amides is 3. The second-order valence-corrected chi connectivity index (χ2v) is 6.19. The highest BCUT2D eigenvalue weighted by molar-refractivity contribution is 8.00. The van der Waals surface area contributed by atoms with Crippen molar-refractivity contribution in [3.63, 3.8) is 0 Å². The number of nitrogens with two attached hydrogens (primary N) is 1. The zero-order valence-corrected chi connectivity index (χ0v) is 14.3. The zero-order valence-electron chi connectivity index (χ0n) is 13.5. The molecule has 4 N–H and O–H groups in total. The first-order valence-corrected chi connectivity index (χ1v) is 8.68. The molecule has 0 atom stereocenters. The molecule has 0 aliphatic rings. The molecule has 0 aromatic heterocycles. The van der Waals surface area contributed by atoms with Crippen molar-refractivity contribution in [1.82, 2.24) is 5.32 Å². The van der Waals surface area contributed by atoms with Crippen molar-refractivity contribution in [2.24, 2.45) is 5.73 Å². The number of hydrogen-bond donors (Lipinski definition) is 3. The Morgan fingerprint density at radius 3 is 2.36 bits per heavy atom. The lowest BCUT2D eigenvalue weighted by Gasteiger charge is -2.10. The zero-order chi connectivity index (χ0) is 18.1. The molecule has 2 rings (SSSR count). The minimum atomic E-state index is -0.422. The Kier molecular flexibility index (Phi) is 7.03. The molecule has 2 aromatic rings.